The van der Waals surface area contributed by atoms with E-state index >= 15 is 0 Å². The van der Waals surface area contributed by atoms with Gasteiger partial charge in [-0.3, -0.25) is 9.69 Å². The van der Waals surface area contributed by atoms with E-state index in [-0.39, 0.29) is 5.91 Å². The number of hydrogen-bond donors (Lipinski definition) is 1. The van der Waals surface area contributed by atoms with Gasteiger partial charge in [-0.15, -0.1) is 22.7 Å². The molecular formula is C14H19N3OS2. The van der Waals surface area contributed by atoms with Crippen LogP contribution in [0.2, 0.25) is 0 Å². The van der Waals surface area contributed by atoms with Crippen molar-refractivity contribution in [2.75, 3.05) is 11.4 Å². The van der Waals surface area contributed by atoms with Crippen molar-refractivity contribution in [1.82, 2.24) is 10.3 Å². The lowest BCUT2D eigenvalue weighted by molar-refractivity contribution is -0.116. The highest BCUT2D eigenvalue weighted by Crippen LogP contribution is 2.22. The second kappa shape index (κ2) is 6.97. The van der Waals surface area contributed by atoms with Crippen molar-refractivity contribution in [1.29, 1.82) is 0 Å². The zero-order valence-electron chi connectivity index (χ0n) is 11.9. The van der Waals surface area contributed by atoms with Crippen LogP contribution >= 0.6 is 22.7 Å². The lowest BCUT2D eigenvalue weighted by Gasteiger charge is -2.14. The van der Waals surface area contributed by atoms with Gasteiger partial charge in [-0.1, -0.05) is 6.07 Å². The summed E-state index contributed by atoms with van der Waals surface area (Å²) in [4.78, 5) is 19.0. The van der Waals surface area contributed by atoms with Crippen LogP contribution in [0.3, 0.4) is 0 Å². The van der Waals surface area contributed by atoms with Crippen LogP contribution in [-0.2, 0) is 11.3 Å². The first kappa shape index (κ1) is 15.2. The zero-order chi connectivity index (χ0) is 14.5. The van der Waals surface area contributed by atoms with E-state index in [2.05, 4.69) is 34.7 Å². The number of carbonyl (C=O) groups excluding carboxylic acids is 1. The largest absolute Gasteiger partial charge is 0.304 e. The first-order chi connectivity index (χ1) is 9.61. The molecule has 2 rings (SSSR count). The Bertz CT molecular complexity index is 551. The lowest BCUT2D eigenvalue weighted by atomic mass is 10.2. The maximum Gasteiger partial charge on any atom is 0.225 e. The number of nitrogens with one attached hydrogen (secondary N) is 1. The molecule has 2 heterocycles. The molecule has 108 valence electrons. The second-order valence-corrected chi connectivity index (χ2v) is 6.32. The number of carbonyl (C=O) groups is 1. The van der Waals surface area contributed by atoms with Crippen molar-refractivity contribution in [2.24, 2.45) is 0 Å². The van der Waals surface area contributed by atoms with E-state index in [1.54, 1.807) is 23.2 Å². The monoisotopic (exact) mass is 309 g/mol. The van der Waals surface area contributed by atoms with E-state index in [0.717, 1.165) is 10.8 Å². The highest BCUT2D eigenvalue weighted by atomic mass is 32.1. The minimum atomic E-state index is 0.0355. The van der Waals surface area contributed by atoms with Crippen LogP contribution in [-0.4, -0.2) is 17.4 Å². The Hall–Kier alpha value is -1.24. The standard InChI is InChI=1S/C14H19N3OS2/c1-4-17(11(3)18)14-16-12(9-20-14)8-15-10(2)13-6-5-7-19-13/h5-7,9-10,15H,4,8H2,1-3H3/t10-/m1/s1. The van der Waals surface area contributed by atoms with Crippen molar-refractivity contribution in [3.05, 3.63) is 33.5 Å². The summed E-state index contributed by atoms with van der Waals surface area (Å²) in [6, 6.07) is 4.50. The molecule has 6 heteroatoms. The fourth-order valence-corrected chi connectivity index (χ4v) is 3.58. The van der Waals surface area contributed by atoms with E-state index in [1.807, 2.05) is 12.3 Å². The van der Waals surface area contributed by atoms with Gasteiger partial charge in [0.05, 0.1) is 5.69 Å². The average Bonchev–Trinajstić information content (AvgIpc) is 3.08. The van der Waals surface area contributed by atoms with Crippen molar-refractivity contribution in [3.8, 4) is 0 Å². The van der Waals surface area contributed by atoms with Gasteiger partial charge < -0.3 is 5.32 Å². The maximum atomic E-state index is 11.5. The Labute approximate surface area is 127 Å². The van der Waals surface area contributed by atoms with Crippen LogP contribution in [0, 0.1) is 0 Å². The van der Waals surface area contributed by atoms with Crippen molar-refractivity contribution in [2.45, 2.75) is 33.4 Å². The predicted octanol–water partition coefficient (Wildman–Crippen LogP) is 3.43. The van der Waals surface area contributed by atoms with E-state index < -0.39 is 0 Å². The number of aromatic nitrogens is 1. The Morgan fingerprint density at radius 1 is 1.50 bits per heavy atom. The summed E-state index contributed by atoms with van der Waals surface area (Å²) in [7, 11) is 0. The molecule has 1 atom stereocenters. The topological polar surface area (TPSA) is 45.2 Å². The van der Waals surface area contributed by atoms with Crippen LogP contribution < -0.4 is 10.2 Å². The molecule has 0 fully saturated rings. The Kier molecular flexibility index (Phi) is 5.28. The number of nitrogens with zero attached hydrogens (tertiary/aromatic N) is 2. The summed E-state index contributed by atoms with van der Waals surface area (Å²) >= 11 is 3.27. The molecule has 1 amide bonds. The molecule has 0 aliphatic rings. The smallest absolute Gasteiger partial charge is 0.225 e. The Morgan fingerprint density at radius 3 is 2.90 bits per heavy atom. The zero-order valence-corrected chi connectivity index (χ0v) is 13.6. The van der Waals surface area contributed by atoms with E-state index in [4.69, 9.17) is 0 Å². The van der Waals surface area contributed by atoms with Gasteiger partial charge in [0.25, 0.3) is 0 Å². The lowest BCUT2D eigenvalue weighted by Crippen LogP contribution is -2.27. The predicted molar refractivity (Wildman–Crippen MR) is 85.4 cm³/mol. The molecule has 1 N–H and O–H groups in total. The van der Waals surface area contributed by atoms with Gasteiger partial charge in [0.15, 0.2) is 5.13 Å². The molecule has 0 aliphatic carbocycles. The summed E-state index contributed by atoms with van der Waals surface area (Å²) < 4.78 is 0. The first-order valence-corrected chi connectivity index (χ1v) is 8.37. The van der Waals surface area contributed by atoms with Crippen LogP contribution in [0.4, 0.5) is 5.13 Å². The minimum absolute atomic E-state index is 0.0355. The quantitative estimate of drug-likeness (QED) is 0.889. The molecule has 0 aromatic carbocycles. The van der Waals surface area contributed by atoms with Gasteiger partial charge in [-0.2, -0.15) is 0 Å². The third-order valence-corrected chi connectivity index (χ3v) is 4.99. The van der Waals surface area contributed by atoms with Gasteiger partial charge in [-0.05, 0) is 25.3 Å². The number of amides is 1. The number of anilines is 1. The van der Waals surface area contributed by atoms with Crippen LogP contribution in [0.5, 0.6) is 0 Å². The first-order valence-electron chi connectivity index (χ1n) is 6.61. The summed E-state index contributed by atoms with van der Waals surface area (Å²) in [5.41, 5.74) is 0.980. The average molecular weight is 309 g/mol. The molecule has 0 saturated heterocycles. The van der Waals surface area contributed by atoms with Gasteiger partial charge in [0.2, 0.25) is 5.91 Å². The molecule has 2 aromatic rings. The molecule has 0 aliphatic heterocycles. The summed E-state index contributed by atoms with van der Waals surface area (Å²) in [5.74, 6) is 0.0355. The Morgan fingerprint density at radius 2 is 2.30 bits per heavy atom. The van der Waals surface area contributed by atoms with E-state index in [0.29, 0.717) is 19.1 Å². The van der Waals surface area contributed by atoms with Crippen molar-refractivity contribution < 1.29 is 4.79 Å². The van der Waals surface area contributed by atoms with Gasteiger partial charge in [0, 0.05) is 36.3 Å². The SMILES string of the molecule is CCN(C(C)=O)c1nc(CN[C@H](C)c2cccs2)cs1. The minimum Gasteiger partial charge on any atom is -0.304 e. The van der Waals surface area contributed by atoms with E-state index in [9.17, 15) is 4.79 Å². The summed E-state index contributed by atoms with van der Waals surface area (Å²) in [6.07, 6.45) is 0. The van der Waals surface area contributed by atoms with Crippen LogP contribution in [0.25, 0.3) is 0 Å². The number of hydrogen-bond acceptors (Lipinski definition) is 5. The molecule has 2 aromatic heterocycles. The molecule has 0 spiro atoms. The van der Waals surface area contributed by atoms with Crippen molar-refractivity contribution in [3.63, 3.8) is 0 Å². The summed E-state index contributed by atoms with van der Waals surface area (Å²) in [5, 5.41) is 8.32. The highest BCUT2D eigenvalue weighted by molar-refractivity contribution is 7.14. The molecular weight excluding hydrogens is 290 g/mol. The molecule has 0 radical (unpaired) electrons. The molecule has 4 nitrogen and oxygen atoms in total. The second-order valence-electron chi connectivity index (χ2n) is 4.50. The maximum absolute atomic E-state index is 11.5. The Balaban J connectivity index is 1.94. The molecule has 20 heavy (non-hydrogen) atoms. The third-order valence-electron chi connectivity index (χ3n) is 3.03. The summed E-state index contributed by atoms with van der Waals surface area (Å²) in [6.45, 7) is 7.04. The highest BCUT2D eigenvalue weighted by Gasteiger charge is 2.14. The number of thiazole rings is 1. The van der Waals surface area contributed by atoms with Crippen molar-refractivity contribution >= 4 is 33.7 Å². The number of thiophene rings is 1. The van der Waals surface area contributed by atoms with E-state index in [1.165, 1.54) is 16.2 Å². The fourth-order valence-electron chi connectivity index (χ4n) is 1.89. The number of rotatable bonds is 6. The van der Waals surface area contributed by atoms with Gasteiger partial charge in [-0.25, -0.2) is 4.98 Å². The van der Waals surface area contributed by atoms with Crippen LogP contribution in [0.15, 0.2) is 22.9 Å². The normalized spacial score (nSPS) is 12.3. The van der Waals surface area contributed by atoms with Crippen LogP contribution in [0.1, 0.15) is 37.4 Å². The third kappa shape index (κ3) is 3.65. The molecule has 0 unspecified atom stereocenters. The van der Waals surface area contributed by atoms with Gasteiger partial charge >= 0.3 is 0 Å². The molecule has 0 bridgehead atoms. The van der Waals surface area contributed by atoms with Gasteiger partial charge in [0.1, 0.15) is 0 Å². The fraction of sp³-hybridized carbons (Fsp3) is 0.429. The molecule has 0 saturated carbocycles.